The van der Waals surface area contributed by atoms with Gasteiger partial charge in [0.15, 0.2) is 0 Å². The van der Waals surface area contributed by atoms with Gasteiger partial charge in [-0.05, 0) is 59.9 Å². The summed E-state index contributed by atoms with van der Waals surface area (Å²) < 4.78 is 26.5. The summed E-state index contributed by atoms with van der Waals surface area (Å²) in [5.74, 6) is -0.492. The molecule has 1 aromatic rings. The maximum absolute atomic E-state index is 13.0. The third kappa shape index (κ3) is 25.6. The first-order valence-electron chi connectivity index (χ1n) is 16.7. The molecule has 4 N–H and O–H groups in total. The van der Waals surface area contributed by atoms with E-state index in [0.717, 1.165) is 5.56 Å². The van der Waals surface area contributed by atoms with E-state index < -0.39 is 29.5 Å². The highest BCUT2D eigenvalue weighted by Crippen LogP contribution is 2.08. The zero-order valence-electron chi connectivity index (χ0n) is 30.0. The van der Waals surface area contributed by atoms with Crippen LogP contribution in [0.4, 0.5) is 14.4 Å². The predicted octanol–water partition coefficient (Wildman–Crippen LogP) is 3.50. The molecule has 5 amide bonds. The van der Waals surface area contributed by atoms with E-state index in [0.29, 0.717) is 65.4 Å². The fourth-order valence-corrected chi connectivity index (χ4v) is 3.96. The summed E-state index contributed by atoms with van der Waals surface area (Å²) in [6.07, 6.45) is -0.615. The number of nitrogens with one attached hydrogen (secondary N) is 4. The van der Waals surface area contributed by atoms with Crippen molar-refractivity contribution < 1.29 is 47.7 Å². The molecule has 0 unspecified atom stereocenters. The second-order valence-electron chi connectivity index (χ2n) is 13.0. The average Bonchev–Trinajstić information content (AvgIpc) is 3.01. The Morgan fingerprint density at radius 3 is 1.61 bits per heavy atom. The van der Waals surface area contributed by atoms with Gasteiger partial charge in [0, 0.05) is 52.1 Å². The lowest BCUT2D eigenvalue weighted by atomic mass is 10.2. The molecule has 0 bridgehead atoms. The van der Waals surface area contributed by atoms with E-state index >= 15 is 0 Å². The van der Waals surface area contributed by atoms with Gasteiger partial charge in [0.2, 0.25) is 11.8 Å². The smallest absolute Gasteiger partial charge is 0.407 e. The number of carbonyl (C=O) groups excluding carboxylic acids is 5. The van der Waals surface area contributed by atoms with Crippen LogP contribution >= 0.6 is 0 Å². The summed E-state index contributed by atoms with van der Waals surface area (Å²) in [6.45, 7) is 13.9. The first-order chi connectivity index (χ1) is 23.1. The quantitative estimate of drug-likeness (QED) is 0.104. The number of hydrogen-bond acceptors (Lipinski definition) is 10. The Kier molecular flexibility index (Phi) is 21.1. The first-order valence-corrected chi connectivity index (χ1v) is 16.7. The fourth-order valence-electron chi connectivity index (χ4n) is 3.96. The lowest BCUT2D eigenvalue weighted by molar-refractivity contribution is -0.133. The van der Waals surface area contributed by atoms with Gasteiger partial charge in [-0.1, -0.05) is 30.3 Å². The molecule has 0 radical (unpaired) electrons. The Morgan fingerprint density at radius 2 is 1.10 bits per heavy atom. The van der Waals surface area contributed by atoms with Crippen molar-refractivity contribution in [3.8, 4) is 0 Å². The van der Waals surface area contributed by atoms with Crippen molar-refractivity contribution in [3.05, 3.63) is 35.9 Å². The lowest BCUT2D eigenvalue weighted by Crippen LogP contribution is -2.38. The van der Waals surface area contributed by atoms with Gasteiger partial charge >= 0.3 is 18.3 Å². The molecule has 0 aromatic heterocycles. The van der Waals surface area contributed by atoms with Crippen LogP contribution in [0, 0.1) is 0 Å². The molecule has 0 fully saturated rings. The summed E-state index contributed by atoms with van der Waals surface area (Å²) >= 11 is 0. The van der Waals surface area contributed by atoms with E-state index in [1.54, 1.807) is 46.4 Å². The van der Waals surface area contributed by atoms with Crippen LogP contribution in [0.3, 0.4) is 0 Å². The standard InChI is InChI=1S/C34H57N5O10/c1-33(2,3)48-31(43)36-16-10-20-39(21-11-17-37-32(44)49-34(4,5)6)29(41)15-14-28(40)35-18-22-45-24-25-46-23-19-38-30(42)47-26-27-12-8-7-9-13-27/h7-9,12-13H,10-11,14-26H2,1-6H3,(H,35,40)(H,36,43)(H,37,44)(H,38,42). The van der Waals surface area contributed by atoms with Crippen LogP contribution in [0.2, 0.25) is 0 Å². The summed E-state index contributed by atoms with van der Waals surface area (Å²) in [6, 6.07) is 9.38. The van der Waals surface area contributed by atoms with E-state index in [2.05, 4.69) is 21.3 Å². The maximum atomic E-state index is 13.0. The van der Waals surface area contributed by atoms with Gasteiger partial charge in [-0.2, -0.15) is 0 Å². The van der Waals surface area contributed by atoms with Crippen LogP contribution in [-0.2, 0) is 39.9 Å². The van der Waals surface area contributed by atoms with Crippen LogP contribution in [0.1, 0.15) is 72.8 Å². The van der Waals surface area contributed by atoms with Crippen molar-refractivity contribution in [2.45, 2.75) is 85.0 Å². The molecule has 1 aromatic carbocycles. The van der Waals surface area contributed by atoms with E-state index in [9.17, 15) is 24.0 Å². The number of nitrogens with zero attached hydrogens (tertiary/aromatic N) is 1. The summed E-state index contributed by atoms with van der Waals surface area (Å²) in [4.78, 5) is 62.5. The van der Waals surface area contributed by atoms with E-state index in [1.165, 1.54) is 0 Å². The molecule has 1 rings (SSSR count). The number of alkyl carbamates (subject to hydrolysis) is 3. The van der Waals surface area contributed by atoms with Crippen molar-refractivity contribution in [2.75, 3.05) is 65.7 Å². The number of amides is 5. The zero-order valence-corrected chi connectivity index (χ0v) is 30.0. The molecule has 0 saturated carbocycles. The summed E-state index contributed by atoms with van der Waals surface area (Å²) in [7, 11) is 0. The molecule has 0 heterocycles. The minimum absolute atomic E-state index is 0.00550. The molecule has 0 saturated heterocycles. The van der Waals surface area contributed by atoms with Crippen LogP contribution < -0.4 is 21.3 Å². The van der Waals surface area contributed by atoms with E-state index in [-0.39, 0.29) is 44.4 Å². The van der Waals surface area contributed by atoms with Crippen molar-refractivity contribution >= 4 is 30.1 Å². The number of hydrogen-bond donors (Lipinski definition) is 4. The molecule has 0 spiro atoms. The minimum Gasteiger partial charge on any atom is -0.445 e. The minimum atomic E-state index is -0.616. The topological polar surface area (TPSA) is 183 Å². The Morgan fingerprint density at radius 1 is 0.612 bits per heavy atom. The Balaban J connectivity index is 2.25. The second kappa shape index (κ2) is 24.1. The van der Waals surface area contributed by atoms with Crippen molar-refractivity contribution in [1.82, 2.24) is 26.2 Å². The first kappa shape index (κ1) is 42.9. The highest BCUT2D eigenvalue weighted by atomic mass is 16.6. The van der Waals surface area contributed by atoms with Crippen molar-refractivity contribution in [2.24, 2.45) is 0 Å². The van der Waals surface area contributed by atoms with Gasteiger partial charge in [0.1, 0.15) is 17.8 Å². The third-order valence-corrected chi connectivity index (χ3v) is 6.13. The Labute approximate surface area is 290 Å². The third-order valence-electron chi connectivity index (χ3n) is 6.13. The SMILES string of the molecule is CC(C)(C)OC(=O)NCCCN(CCCNC(=O)OC(C)(C)C)C(=O)CCC(=O)NCCOCCOCCNC(=O)OCc1ccccc1. The van der Waals surface area contributed by atoms with Crippen LogP contribution in [0.15, 0.2) is 30.3 Å². The van der Waals surface area contributed by atoms with Crippen LogP contribution in [0.25, 0.3) is 0 Å². The van der Waals surface area contributed by atoms with E-state index in [4.69, 9.17) is 23.7 Å². The van der Waals surface area contributed by atoms with Crippen LogP contribution in [0.5, 0.6) is 0 Å². The number of benzene rings is 1. The molecule has 0 aliphatic carbocycles. The Hall–Kier alpha value is -4.11. The molecular weight excluding hydrogens is 638 g/mol. The van der Waals surface area contributed by atoms with Gasteiger partial charge in [-0.15, -0.1) is 0 Å². The largest absolute Gasteiger partial charge is 0.445 e. The molecule has 15 heteroatoms. The van der Waals surface area contributed by atoms with Gasteiger partial charge in [-0.3, -0.25) is 9.59 Å². The highest BCUT2D eigenvalue weighted by Gasteiger charge is 2.19. The molecule has 278 valence electrons. The number of carbonyl (C=O) groups is 5. The molecule has 0 aliphatic rings. The normalized spacial score (nSPS) is 11.2. The van der Waals surface area contributed by atoms with E-state index in [1.807, 2.05) is 30.3 Å². The maximum Gasteiger partial charge on any atom is 0.407 e. The fraction of sp³-hybridized carbons (Fsp3) is 0.676. The predicted molar refractivity (Wildman–Crippen MR) is 183 cm³/mol. The molecule has 15 nitrogen and oxygen atoms in total. The highest BCUT2D eigenvalue weighted by molar-refractivity contribution is 5.83. The Bertz CT molecular complexity index is 1090. The lowest BCUT2D eigenvalue weighted by Gasteiger charge is -2.24. The van der Waals surface area contributed by atoms with Crippen molar-refractivity contribution in [3.63, 3.8) is 0 Å². The number of ether oxygens (including phenoxy) is 5. The van der Waals surface area contributed by atoms with Gasteiger partial charge < -0.3 is 49.9 Å². The van der Waals surface area contributed by atoms with Gasteiger partial charge in [-0.25, -0.2) is 14.4 Å². The summed E-state index contributed by atoms with van der Waals surface area (Å²) in [5.41, 5.74) is -0.330. The zero-order chi connectivity index (χ0) is 36.5. The second-order valence-corrected chi connectivity index (χ2v) is 13.0. The van der Waals surface area contributed by atoms with Crippen LogP contribution in [-0.4, -0.2) is 112 Å². The molecule has 49 heavy (non-hydrogen) atoms. The van der Waals surface area contributed by atoms with Crippen molar-refractivity contribution in [1.29, 1.82) is 0 Å². The summed E-state index contributed by atoms with van der Waals surface area (Å²) in [5, 5.41) is 10.7. The average molecular weight is 696 g/mol. The molecule has 0 atom stereocenters. The monoisotopic (exact) mass is 695 g/mol. The molecular formula is C34H57N5O10. The number of rotatable bonds is 22. The van der Waals surface area contributed by atoms with Gasteiger partial charge in [0.05, 0.1) is 26.4 Å². The molecule has 0 aliphatic heterocycles. The van der Waals surface area contributed by atoms with Gasteiger partial charge in [0.25, 0.3) is 0 Å².